The van der Waals surface area contributed by atoms with Crippen LogP contribution in [0, 0.1) is 0 Å². The molecule has 0 aromatic heterocycles. The van der Waals surface area contributed by atoms with Gasteiger partial charge in [0.05, 0.1) is 0 Å². The minimum atomic E-state index is -10.7. The number of halogens is 12. The Hall–Kier alpha value is 0.290. The van der Waals surface area contributed by atoms with Crippen molar-refractivity contribution in [2.45, 2.75) is 0 Å². The summed E-state index contributed by atoms with van der Waals surface area (Å²) in [5.74, 6) is 0. The topological polar surface area (TPSA) is 38.2 Å². The molecule has 0 spiro atoms. The molecular formula is C6H18F12N3OP3. The first-order chi connectivity index (χ1) is 9.36. The van der Waals surface area contributed by atoms with Gasteiger partial charge in [0, 0.05) is 0 Å². The molecule has 0 bridgehead atoms. The van der Waals surface area contributed by atoms with Crippen LogP contribution < -0.4 is 0 Å². The fourth-order valence-electron chi connectivity index (χ4n) is 1.07. The Morgan fingerprint density at radius 3 is 0.520 bits per heavy atom. The van der Waals surface area contributed by atoms with E-state index in [0.29, 0.717) is 0 Å². The summed E-state index contributed by atoms with van der Waals surface area (Å²) in [6.07, 6.45) is 0. The van der Waals surface area contributed by atoms with Crippen LogP contribution in [-0.4, -0.2) is 56.3 Å². The van der Waals surface area contributed by atoms with E-state index in [1.165, 1.54) is 0 Å². The Kier molecular flexibility index (Phi) is 9.70. The van der Waals surface area contributed by atoms with Gasteiger partial charge >= 0.3 is 71.5 Å². The zero-order valence-corrected chi connectivity index (χ0v) is 16.3. The summed E-state index contributed by atoms with van der Waals surface area (Å²) in [5.41, 5.74) is 0. The predicted molar refractivity (Wildman–Crippen MR) is 75.8 cm³/mol. The maximum atomic E-state index is 9.87. The molecule has 0 aromatic rings. The molecule has 0 aliphatic rings. The van der Waals surface area contributed by atoms with Crippen molar-refractivity contribution >= 4 is 24.0 Å². The molecule has 0 saturated carbocycles. The van der Waals surface area contributed by atoms with Crippen molar-refractivity contribution in [3.63, 3.8) is 0 Å². The molecule has 162 valence electrons. The molecule has 4 radical (unpaired) electrons. The van der Waals surface area contributed by atoms with Gasteiger partial charge in [0.15, 0.2) is 0 Å². The Morgan fingerprint density at radius 1 is 0.440 bits per heavy atom. The average Bonchev–Trinajstić information content (AvgIpc) is 1.84. The van der Waals surface area contributed by atoms with Crippen molar-refractivity contribution in [1.82, 2.24) is 14.0 Å². The van der Waals surface area contributed by atoms with Gasteiger partial charge in [-0.25, -0.2) is 0 Å². The van der Waals surface area contributed by atoms with Crippen LogP contribution in [-0.2, 0) is 5.48 Å². The average molecular weight is 469 g/mol. The zero-order chi connectivity index (χ0) is 21.1. The van der Waals surface area contributed by atoms with Crippen LogP contribution >= 0.6 is 24.0 Å². The third-order valence-electron chi connectivity index (χ3n) is 1.07. The first-order valence-electron chi connectivity index (χ1n) is 5.31. The Morgan fingerprint density at radius 2 is 0.520 bits per heavy atom. The van der Waals surface area contributed by atoms with Crippen molar-refractivity contribution in [2.75, 3.05) is 42.3 Å². The van der Waals surface area contributed by atoms with E-state index in [9.17, 15) is 50.4 Å². The van der Waals surface area contributed by atoms with Crippen LogP contribution in [0.25, 0.3) is 0 Å². The molecule has 0 saturated heterocycles. The van der Waals surface area contributed by atoms with Crippen LogP contribution in [0.4, 0.5) is 50.4 Å². The Labute approximate surface area is 137 Å². The molecule has 0 atom stereocenters. The van der Waals surface area contributed by atoms with Gasteiger partial charge in [-0.2, -0.15) is 0 Å². The summed E-state index contributed by atoms with van der Waals surface area (Å²) in [4.78, 5) is 0. The van der Waals surface area contributed by atoms with Gasteiger partial charge in [-0.15, -0.1) is 0 Å². The Bertz CT molecular complexity index is 329. The molecule has 0 aliphatic heterocycles. The summed E-state index contributed by atoms with van der Waals surface area (Å²) in [6, 6.07) is 0. The molecule has 0 aromatic carbocycles. The fraction of sp³-hybridized carbons (Fsp3) is 1.00. The summed E-state index contributed by atoms with van der Waals surface area (Å²) < 4.78 is 125. The smallest absolute Gasteiger partial charge is 2.00 e. The van der Waals surface area contributed by atoms with Crippen LogP contribution in [0.15, 0.2) is 0 Å². The minimum Gasteiger partial charge on any atom is 2.00 e. The van der Waals surface area contributed by atoms with E-state index in [1.807, 2.05) is 0 Å². The predicted octanol–water partition coefficient (Wildman–Crippen LogP) is 7.54. The number of hydrogen-bond acceptors (Lipinski definition) is 3. The van der Waals surface area contributed by atoms with Crippen molar-refractivity contribution in [3.8, 4) is 0 Å². The van der Waals surface area contributed by atoms with Crippen molar-refractivity contribution < 1.29 is 55.8 Å². The normalized spacial score (nSPS) is 18.0. The molecule has 0 fully saturated rings. The van der Waals surface area contributed by atoms with Crippen LogP contribution in [0.5, 0.6) is 0 Å². The minimum absolute atomic E-state index is 0. The first-order valence-corrected chi connectivity index (χ1v) is 10.6. The van der Waals surface area contributed by atoms with E-state index in [-0.39, 0.29) is 13.8 Å². The van der Waals surface area contributed by atoms with Gasteiger partial charge in [-0.3, -0.25) is 14.0 Å². The molecule has 0 N–H and O–H groups in total. The van der Waals surface area contributed by atoms with Gasteiger partial charge in [0.2, 0.25) is 0 Å². The summed E-state index contributed by atoms with van der Waals surface area (Å²) in [5, 5.41) is 0. The van der Waals surface area contributed by atoms with Gasteiger partial charge in [0.25, 0.3) is 0 Å². The van der Waals surface area contributed by atoms with Crippen molar-refractivity contribution in [3.05, 3.63) is 0 Å². The summed E-state index contributed by atoms with van der Waals surface area (Å²) in [6.45, 7) is 0. The molecule has 0 heterocycles. The maximum Gasteiger partial charge on any atom is 2.00 e. The zero-order valence-electron chi connectivity index (χ0n) is 13.6. The van der Waals surface area contributed by atoms with Crippen molar-refractivity contribution in [1.29, 1.82) is 0 Å². The number of hydrogen-bond donors (Lipinski definition) is 0. The van der Waals surface area contributed by atoms with Crippen molar-refractivity contribution in [2.24, 2.45) is 0 Å². The second-order valence-corrected chi connectivity index (χ2v) is 11.5. The number of nitrogens with zero attached hydrogens (tertiary/aromatic N) is 3. The third kappa shape index (κ3) is 79.9. The molecular weight excluding hydrogens is 451 g/mol. The van der Waals surface area contributed by atoms with Gasteiger partial charge < -0.3 is 0 Å². The molecule has 25 heavy (non-hydrogen) atoms. The monoisotopic (exact) mass is 469 g/mol. The molecule has 0 aliphatic carbocycles. The Balaban J connectivity index is -0.000000133. The van der Waals surface area contributed by atoms with Crippen LogP contribution in [0.1, 0.15) is 0 Å². The SMILES string of the molecule is CN(C)P(N(C)C)N(C)C.F[P-](F)(F)(F)(F)F.F[P-](F)(F)(F)(F)F.[O+2]. The summed E-state index contributed by atoms with van der Waals surface area (Å²) in [7, 11) is -8.94. The maximum absolute atomic E-state index is 10.7. The van der Waals surface area contributed by atoms with Gasteiger partial charge in [0.1, 0.15) is 8.37 Å². The molecule has 4 nitrogen and oxygen atoms in total. The van der Waals surface area contributed by atoms with Crippen LogP contribution in [0.2, 0.25) is 0 Å². The first kappa shape index (κ1) is 32.9. The van der Waals surface area contributed by atoms with Gasteiger partial charge in [-0.1, -0.05) is 0 Å². The van der Waals surface area contributed by atoms with E-state index >= 15 is 0 Å². The van der Waals surface area contributed by atoms with E-state index in [2.05, 4.69) is 56.3 Å². The number of rotatable bonds is 3. The van der Waals surface area contributed by atoms with Crippen LogP contribution in [0.3, 0.4) is 0 Å². The molecule has 0 unspecified atom stereocenters. The van der Waals surface area contributed by atoms with E-state index in [4.69, 9.17) is 0 Å². The second kappa shape index (κ2) is 7.37. The van der Waals surface area contributed by atoms with E-state index < -0.39 is 15.6 Å². The molecule has 0 rings (SSSR count). The summed E-state index contributed by atoms with van der Waals surface area (Å²) >= 11 is 0. The molecule has 0 amide bonds. The second-order valence-electron chi connectivity index (χ2n) is 4.73. The largest absolute Gasteiger partial charge is 2.00 e. The van der Waals surface area contributed by atoms with E-state index in [1.54, 1.807) is 0 Å². The standard InChI is InChI=1S/C6H18N3P.2F6P.O/c1-7(2)10(8(3)4)9(5)6;2*1-7(2,3,4,5)6;/h1-6H3;;;/q;2*-1;+2. The van der Waals surface area contributed by atoms with E-state index in [0.717, 1.165) is 0 Å². The van der Waals surface area contributed by atoms with Gasteiger partial charge in [-0.05, 0) is 42.3 Å². The third-order valence-corrected chi connectivity index (χ3v) is 3.22. The molecule has 19 heteroatoms. The quantitative estimate of drug-likeness (QED) is 0.317. The fourth-order valence-corrected chi connectivity index (χ4v) is 3.22.